The first-order valence-electron chi connectivity index (χ1n) is 5.26. The van der Waals surface area contributed by atoms with Crippen LogP contribution in [0.3, 0.4) is 0 Å². The molecule has 1 heterocycles. The van der Waals surface area contributed by atoms with Gasteiger partial charge in [-0.1, -0.05) is 0 Å². The van der Waals surface area contributed by atoms with Gasteiger partial charge in [0.2, 0.25) is 0 Å². The predicted molar refractivity (Wildman–Crippen MR) is 64.1 cm³/mol. The highest BCUT2D eigenvalue weighted by molar-refractivity contribution is 7.99. The van der Waals surface area contributed by atoms with Crippen LogP contribution >= 0.6 is 11.8 Å². The molecule has 1 unspecified atom stereocenters. The van der Waals surface area contributed by atoms with Crippen molar-refractivity contribution in [2.45, 2.75) is 11.0 Å². The van der Waals surface area contributed by atoms with Gasteiger partial charge in [-0.3, -0.25) is 0 Å². The van der Waals surface area contributed by atoms with Crippen molar-refractivity contribution in [2.24, 2.45) is 0 Å². The van der Waals surface area contributed by atoms with Crippen LogP contribution in [0.25, 0.3) is 0 Å². The molecule has 0 bridgehead atoms. The highest BCUT2D eigenvalue weighted by atomic mass is 32.2. The van der Waals surface area contributed by atoms with E-state index in [4.69, 9.17) is 10.5 Å². The molecule has 0 aromatic heterocycles. The van der Waals surface area contributed by atoms with Crippen LogP contribution in [0.15, 0.2) is 23.1 Å². The Morgan fingerprint density at radius 1 is 1.56 bits per heavy atom. The number of halogens is 1. The largest absolute Gasteiger partial charge is 0.399 e. The molecular formula is C11H15FN2OS. The van der Waals surface area contributed by atoms with Crippen LogP contribution in [-0.4, -0.2) is 31.6 Å². The van der Waals surface area contributed by atoms with Gasteiger partial charge >= 0.3 is 0 Å². The Balaban J connectivity index is 1.88. The van der Waals surface area contributed by atoms with Crippen LogP contribution < -0.4 is 11.1 Å². The van der Waals surface area contributed by atoms with E-state index < -0.39 is 0 Å². The number of hydrogen-bond donors (Lipinski definition) is 2. The van der Waals surface area contributed by atoms with Gasteiger partial charge in [-0.2, -0.15) is 0 Å². The normalized spacial score (nSPS) is 20.9. The fourth-order valence-corrected chi connectivity index (χ4v) is 2.48. The summed E-state index contributed by atoms with van der Waals surface area (Å²) in [6, 6.07) is 4.78. The van der Waals surface area contributed by atoms with Crippen LogP contribution in [-0.2, 0) is 4.74 Å². The van der Waals surface area contributed by atoms with Gasteiger partial charge in [0.05, 0.1) is 12.7 Å². The maximum absolute atomic E-state index is 13.4. The van der Waals surface area contributed by atoms with Gasteiger partial charge in [0, 0.05) is 29.4 Å². The molecular weight excluding hydrogens is 227 g/mol. The SMILES string of the molecule is Nc1ccc(SCC2CNCCO2)c(F)c1. The van der Waals surface area contributed by atoms with Crippen LogP contribution in [0.2, 0.25) is 0 Å². The number of ether oxygens (including phenoxy) is 1. The maximum Gasteiger partial charge on any atom is 0.138 e. The molecule has 1 aliphatic rings. The molecule has 16 heavy (non-hydrogen) atoms. The number of hydrogen-bond acceptors (Lipinski definition) is 4. The molecule has 1 aromatic carbocycles. The predicted octanol–water partition coefficient (Wildman–Crippen LogP) is 1.49. The van der Waals surface area contributed by atoms with E-state index in [0.717, 1.165) is 25.4 Å². The van der Waals surface area contributed by atoms with Crippen molar-refractivity contribution in [1.29, 1.82) is 0 Å². The van der Waals surface area contributed by atoms with E-state index in [1.54, 1.807) is 12.1 Å². The lowest BCUT2D eigenvalue weighted by Gasteiger charge is -2.23. The zero-order valence-electron chi connectivity index (χ0n) is 8.91. The van der Waals surface area contributed by atoms with Gasteiger partial charge in [0.1, 0.15) is 5.82 Å². The highest BCUT2D eigenvalue weighted by Crippen LogP contribution is 2.24. The lowest BCUT2D eigenvalue weighted by Crippen LogP contribution is -2.39. The van der Waals surface area contributed by atoms with E-state index in [0.29, 0.717) is 10.6 Å². The molecule has 3 nitrogen and oxygen atoms in total. The van der Waals surface area contributed by atoms with E-state index in [9.17, 15) is 4.39 Å². The summed E-state index contributed by atoms with van der Waals surface area (Å²) in [5, 5.41) is 3.24. The number of rotatable bonds is 3. The van der Waals surface area contributed by atoms with Crippen LogP contribution in [0.1, 0.15) is 0 Å². The molecule has 0 aliphatic carbocycles. The molecule has 1 fully saturated rings. The van der Waals surface area contributed by atoms with Crippen molar-refractivity contribution in [3.05, 3.63) is 24.0 Å². The zero-order valence-corrected chi connectivity index (χ0v) is 9.73. The lowest BCUT2D eigenvalue weighted by atomic mass is 10.3. The minimum absolute atomic E-state index is 0.163. The highest BCUT2D eigenvalue weighted by Gasteiger charge is 2.14. The minimum Gasteiger partial charge on any atom is -0.399 e. The molecule has 1 atom stereocenters. The number of nitrogens with two attached hydrogens (primary N) is 1. The first-order chi connectivity index (χ1) is 7.75. The van der Waals surface area contributed by atoms with Crippen LogP contribution in [0.5, 0.6) is 0 Å². The average Bonchev–Trinajstić information content (AvgIpc) is 2.29. The summed E-state index contributed by atoms with van der Waals surface area (Å²) in [5.41, 5.74) is 5.94. The van der Waals surface area contributed by atoms with Crippen LogP contribution in [0.4, 0.5) is 10.1 Å². The number of thioether (sulfide) groups is 1. The maximum atomic E-state index is 13.4. The van der Waals surface area contributed by atoms with Gasteiger partial charge in [0.25, 0.3) is 0 Å². The monoisotopic (exact) mass is 242 g/mol. The van der Waals surface area contributed by atoms with Crippen molar-refractivity contribution >= 4 is 17.4 Å². The fraction of sp³-hybridized carbons (Fsp3) is 0.455. The number of anilines is 1. The lowest BCUT2D eigenvalue weighted by molar-refractivity contribution is 0.0441. The second-order valence-electron chi connectivity index (χ2n) is 3.70. The Labute approximate surface area is 98.5 Å². The smallest absolute Gasteiger partial charge is 0.138 e. The summed E-state index contributed by atoms with van der Waals surface area (Å²) in [4.78, 5) is 0.628. The molecule has 0 radical (unpaired) electrons. The third kappa shape index (κ3) is 3.10. The molecule has 3 N–H and O–H groups in total. The average molecular weight is 242 g/mol. The molecule has 0 spiro atoms. The molecule has 2 rings (SSSR count). The number of morpholine rings is 1. The van der Waals surface area contributed by atoms with Crippen molar-refractivity contribution in [2.75, 3.05) is 31.2 Å². The van der Waals surface area contributed by atoms with Gasteiger partial charge < -0.3 is 15.8 Å². The Bertz CT molecular complexity index is 356. The summed E-state index contributed by atoms with van der Waals surface area (Å²) in [7, 11) is 0. The quantitative estimate of drug-likeness (QED) is 0.623. The molecule has 1 saturated heterocycles. The molecule has 0 amide bonds. The Hall–Kier alpha value is -0.780. The number of nitrogen functional groups attached to an aromatic ring is 1. The Morgan fingerprint density at radius 2 is 2.44 bits per heavy atom. The Kier molecular flexibility index (Phi) is 4.04. The van der Waals surface area contributed by atoms with Crippen molar-refractivity contribution in [3.8, 4) is 0 Å². The molecule has 1 aromatic rings. The van der Waals surface area contributed by atoms with Gasteiger partial charge in [-0.05, 0) is 18.2 Å². The van der Waals surface area contributed by atoms with Crippen molar-refractivity contribution in [1.82, 2.24) is 5.32 Å². The first kappa shape index (κ1) is 11.7. The fourth-order valence-electron chi connectivity index (χ4n) is 1.54. The van der Waals surface area contributed by atoms with E-state index >= 15 is 0 Å². The molecule has 5 heteroatoms. The molecule has 1 aliphatic heterocycles. The standard InChI is InChI=1S/C11H15FN2OS/c12-10-5-8(13)1-2-11(10)16-7-9-6-14-3-4-15-9/h1-2,5,9,14H,3-4,6-7,13H2. The van der Waals surface area contributed by atoms with Gasteiger partial charge in [0.15, 0.2) is 0 Å². The van der Waals surface area contributed by atoms with Gasteiger partial charge in [-0.25, -0.2) is 4.39 Å². The second-order valence-corrected chi connectivity index (χ2v) is 4.76. The minimum atomic E-state index is -0.256. The molecule has 0 saturated carbocycles. The first-order valence-corrected chi connectivity index (χ1v) is 6.24. The summed E-state index contributed by atoms with van der Waals surface area (Å²) in [5.74, 6) is 0.502. The summed E-state index contributed by atoms with van der Waals surface area (Å²) in [6.07, 6.45) is 0.163. The van der Waals surface area contributed by atoms with Crippen LogP contribution in [0, 0.1) is 5.82 Å². The summed E-state index contributed by atoms with van der Waals surface area (Å²) in [6.45, 7) is 2.47. The van der Waals surface area contributed by atoms with E-state index in [1.165, 1.54) is 17.8 Å². The Morgan fingerprint density at radius 3 is 3.12 bits per heavy atom. The number of benzene rings is 1. The molecule has 88 valence electrons. The number of nitrogens with one attached hydrogen (secondary N) is 1. The van der Waals surface area contributed by atoms with Crippen molar-refractivity contribution < 1.29 is 9.13 Å². The topological polar surface area (TPSA) is 47.3 Å². The van der Waals surface area contributed by atoms with Crippen molar-refractivity contribution in [3.63, 3.8) is 0 Å². The summed E-state index contributed by atoms with van der Waals surface area (Å²) < 4.78 is 19.0. The third-order valence-electron chi connectivity index (χ3n) is 2.39. The van der Waals surface area contributed by atoms with Gasteiger partial charge in [-0.15, -0.1) is 11.8 Å². The second kappa shape index (κ2) is 5.52. The van der Waals surface area contributed by atoms with E-state index in [-0.39, 0.29) is 11.9 Å². The summed E-state index contributed by atoms with van der Waals surface area (Å²) >= 11 is 1.47. The zero-order chi connectivity index (χ0) is 11.4. The van der Waals surface area contributed by atoms with E-state index in [2.05, 4.69) is 5.32 Å². The third-order valence-corrected chi connectivity index (χ3v) is 3.57. The van der Waals surface area contributed by atoms with E-state index in [1.807, 2.05) is 0 Å².